The molecule has 3 aromatic rings. The van der Waals surface area contributed by atoms with Crippen molar-refractivity contribution in [2.24, 2.45) is 5.92 Å². The van der Waals surface area contributed by atoms with Gasteiger partial charge in [-0.15, -0.1) is 0 Å². The fourth-order valence-corrected chi connectivity index (χ4v) is 4.53. The van der Waals surface area contributed by atoms with Crippen molar-refractivity contribution in [3.8, 4) is 22.6 Å². The monoisotopic (exact) mass is 461 g/mol. The fourth-order valence-electron chi connectivity index (χ4n) is 4.53. The molecule has 176 valence electrons. The van der Waals surface area contributed by atoms with Gasteiger partial charge in [0.15, 0.2) is 0 Å². The van der Waals surface area contributed by atoms with Gasteiger partial charge in [-0.25, -0.2) is 4.39 Å². The second kappa shape index (κ2) is 10.2. The molecule has 7 heteroatoms. The Labute approximate surface area is 198 Å². The van der Waals surface area contributed by atoms with Gasteiger partial charge in [0.1, 0.15) is 30.5 Å². The lowest BCUT2D eigenvalue weighted by molar-refractivity contribution is -0.121. The third-order valence-electron chi connectivity index (χ3n) is 6.41. The molecule has 0 radical (unpaired) electrons. The molecule has 1 amide bonds. The maximum atomic E-state index is 13.7. The SMILES string of the molecule is O=C(Nc1cc(-c2ccncc2)ccc1OCCN1CCCC1)C1COc2ccc(F)cc2C1. The van der Waals surface area contributed by atoms with Crippen molar-refractivity contribution in [1.29, 1.82) is 0 Å². The Hall–Kier alpha value is -3.45. The number of benzene rings is 2. The van der Waals surface area contributed by atoms with E-state index in [4.69, 9.17) is 9.47 Å². The lowest BCUT2D eigenvalue weighted by atomic mass is 9.95. The second-order valence-corrected chi connectivity index (χ2v) is 8.80. The van der Waals surface area contributed by atoms with Crippen molar-refractivity contribution in [1.82, 2.24) is 9.88 Å². The Bertz CT molecular complexity index is 1150. The second-order valence-electron chi connectivity index (χ2n) is 8.80. The van der Waals surface area contributed by atoms with E-state index >= 15 is 0 Å². The molecule has 1 saturated heterocycles. The zero-order chi connectivity index (χ0) is 23.3. The van der Waals surface area contributed by atoms with E-state index in [0.29, 0.717) is 35.8 Å². The van der Waals surface area contributed by atoms with Crippen LogP contribution in [0.2, 0.25) is 0 Å². The van der Waals surface area contributed by atoms with E-state index in [1.807, 2.05) is 30.3 Å². The number of carbonyl (C=O) groups is 1. The highest BCUT2D eigenvalue weighted by Crippen LogP contribution is 2.33. The minimum absolute atomic E-state index is 0.175. The number of halogens is 1. The largest absolute Gasteiger partial charge is 0.492 e. The van der Waals surface area contributed by atoms with Crippen LogP contribution in [0.4, 0.5) is 10.1 Å². The van der Waals surface area contributed by atoms with Crippen LogP contribution in [0, 0.1) is 11.7 Å². The van der Waals surface area contributed by atoms with Crippen LogP contribution in [0.1, 0.15) is 18.4 Å². The smallest absolute Gasteiger partial charge is 0.231 e. The molecule has 3 heterocycles. The van der Waals surface area contributed by atoms with Crippen molar-refractivity contribution in [3.63, 3.8) is 0 Å². The first kappa shape index (κ1) is 22.3. The highest BCUT2D eigenvalue weighted by molar-refractivity contribution is 5.95. The number of amides is 1. The van der Waals surface area contributed by atoms with Crippen molar-refractivity contribution in [2.45, 2.75) is 19.3 Å². The molecule has 1 atom stereocenters. The van der Waals surface area contributed by atoms with Gasteiger partial charge in [-0.05, 0) is 91.5 Å². The Morgan fingerprint density at radius 3 is 2.74 bits per heavy atom. The third-order valence-corrected chi connectivity index (χ3v) is 6.41. The lowest BCUT2D eigenvalue weighted by Gasteiger charge is -2.25. The fraction of sp³-hybridized carbons (Fsp3) is 0.333. The first-order chi connectivity index (χ1) is 16.7. The van der Waals surface area contributed by atoms with E-state index in [9.17, 15) is 9.18 Å². The number of anilines is 1. The first-order valence-corrected chi connectivity index (χ1v) is 11.8. The number of nitrogens with zero attached hydrogens (tertiary/aromatic N) is 2. The average molecular weight is 462 g/mol. The Morgan fingerprint density at radius 1 is 1.09 bits per heavy atom. The summed E-state index contributed by atoms with van der Waals surface area (Å²) in [5.41, 5.74) is 3.28. The van der Waals surface area contributed by atoms with Gasteiger partial charge in [-0.3, -0.25) is 14.7 Å². The summed E-state index contributed by atoms with van der Waals surface area (Å²) in [4.78, 5) is 19.7. The van der Waals surface area contributed by atoms with Gasteiger partial charge in [0.05, 0.1) is 11.6 Å². The number of fused-ring (bicyclic) bond motifs is 1. The van der Waals surface area contributed by atoms with Gasteiger partial charge in [0, 0.05) is 18.9 Å². The van der Waals surface area contributed by atoms with E-state index in [0.717, 1.165) is 30.8 Å². The molecule has 2 aliphatic heterocycles. The van der Waals surface area contributed by atoms with Gasteiger partial charge in [-0.2, -0.15) is 0 Å². The van der Waals surface area contributed by atoms with Crippen LogP contribution < -0.4 is 14.8 Å². The Kier molecular flexibility index (Phi) is 6.72. The van der Waals surface area contributed by atoms with Crippen LogP contribution in [0.3, 0.4) is 0 Å². The summed E-state index contributed by atoms with van der Waals surface area (Å²) in [6.45, 7) is 3.88. The maximum absolute atomic E-state index is 13.7. The molecule has 0 spiro atoms. The summed E-state index contributed by atoms with van der Waals surface area (Å²) in [7, 11) is 0. The van der Waals surface area contributed by atoms with Crippen LogP contribution in [0.25, 0.3) is 11.1 Å². The summed E-state index contributed by atoms with van der Waals surface area (Å²) in [5.74, 6) is 0.342. The van der Waals surface area contributed by atoms with E-state index in [1.54, 1.807) is 18.5 Å². The summed E-state index contributed by atoms with van der Waals surface area (Å²) >= 11 is 0. The average Bonchev–Trinajstić information content (AvgIpc) is 3.38. The number of pyridine rings is 1. The van der Waals surface area contributed by atoms with Crippen LogP contribution in [0.5, 0.6) is 11.5 Å². The third kappa shape index (κ3) is 5.20. The number of carbonyl (C=O) groups excluding carboxylic acids is 1. The van der Waals surface area contributed by atoms with Crippen molar-refractivity contribution in [2.75, 3.05) is 38.2 Å². The predicted molar refractivity (Wildman–Crippen MR) is 129 cm³/mol. The quantitative estimate of drug-likeness (QED) is 0.559. The molecule has 0 saturated carbocycles. The van der Waals surface area contributed by atoms with E-state index in [1.165, 1.54) is 25.0 Å². The molecule has 6 nitrogen and oxygen atoms in total. The number of nitrogens with one attached hydrogen (secondary N) is 1. The molecule has 2 aliphatic rings. The molecule has 0 aliphatic carbocycles. The Balaban J connectivity index is 1.33. The van der Waals surface area contributed by atoms with Crippen LogP contribution in [-0.4, -0.2) is 48.6 Å². The van der Waals surface area contributed by atoms with E-state index in [-0.39, 0.29) is 18.3 Å². The number of ether oxygens (including phenoxy) is 2. The highest BCUT2D eigenvalue weighted by Gasteiger charge is 2.27. The van der Waals surface area contributed by atoms with Crippen molar-refractivity contribution < 1.29 is 18.7 Å². The van der Waals surface area contributed by atoms with Crippen molar-refractivity contribution >= 4 is 11.6 Å². The molecule has 1 aromatic heterocycles. The number of hydrogen-bond donors (Lipinski definition) is 1. The standard InChI is InChI=1S/C27H28FN3O3/c28-23-4-6-25-21(16-23)15-22(18-34-25)27(32)30-24-17-20(19-7-9-29-10-8-19)3-5-26(24)33-14-13-31-11-1-2-12-31/h3-10,16-17,22H,1-2,11-15,18H2,(H,30,32). The molecule has 2 aromatic carbocycles. The molecule has 1 fully saturated rings. The highest BCUT2D eigenvalue weighted by atomic mass is 19.1. The van der Waals surface area contributed by atoms with Gasteiger partial charge >= 0.3 is 0 Å². The molecule has 34 heavy (non-hydrogen) atoms. The molecular formula is C27H28FN3O3. The molecular weight excluding hydrogens is 433 g/mol. The predicted octanol–water partition coefficient (Wildman–Crippen LogP) is 4.55. The molecule has 1 N–H and O–H groups in total. The zero-order valence-corrected chi connectivity index (χ0v) is 19.0. The lowest BCUT2D eigenvalue weighted by Crippen LogP contribution is -2.33. The summed E-state index contributed by atoms with van der Waals surface area (Å²) in [6, 6.07) is 14.1. The van der Waals surface area contributed by atoms with Gasteiger partial charge < -0.3 is 14.8 Å². The minimum Gasteiger partial charge on any atom is -0.492 e. The summed E-state index contributed by atoms with van der Waals surface area (Å²) in [6.07, 6.45) is 6.37. The van der Waals surface area contributed by atoms with E-state index in [2.05, 4.69) is 15.2 Å². The van der Waals surface area contributed by atoms with Crippen LogP contribution in [-0.2, 0) is 11.2 Å². The Morgan fingerprint density at radius 2 is 1.91 bits per heavy atom. The minimum atomic E-state index is -0.420. The summed E-state index contributed by atoms with van der Waals surface area (Å²) < 4.78 is 25.5. The van der Waals surface area contributed by atoms with Crippen molar-refractivity contribution in [3.05, 3.63) is 72.3 Å². The van der Waals surface area contributed by atoms with Crippen LogP contribution in [0.15, 0.2) is 60.9 Å². The van der Waals surface area contributed by atoms with Gasteiger partial charge in [0.2, 0.25) is 5.91 Å². The van der Waals surface area contributed by atoms with E-state index < -0.39 is 5.92 Å². The first-order valence-electron chi connectivity index (χ1n) is 11.8. The number of likely N-dealkylation sites (tertiary alicyclic amines) is 1. The molecule has 5 rings (SSSR count). The van der Waals surface area contributed by atoms with Gasteiger partial charge in [-0.1, -0.05) is 6.07 Å². The van der Waals surface area contributed by atoms with Gasteiger partial charge in [0.25, 0.3) is 0 Å². The number of rotatable bonds is 7. The van der Waals surface area contributed by atoms with Crippen LogP contribution >= 0.6 is 0 Å². The summed E-state index contributed by atoms with van der Waals surface area (Å²) in [5, 5.41) is 3.05. The topological polar surface area (TPSA) is 63.7 Å². The normalized spacial score (nSPS) is 17.6. The zero-order valence-electron chi connectivity index (χ0n) is 19.0. The molecule has 1 unspecified atom stereocenters. The maximum Gasteiger partial charge on any atom is 0.231 e. The number of hydrogen-bond acceptors (Lipinski definition) is 5. The number of aromatic nitrogens is 1. The molecule has 0 bridgehead atoms.